The topological polar surface area (TPSA) is 38.0 Å². The Kier molecular flexibility index (Phi) is 7.51. The van der Waals surface area contributed by atoms with E-state index in [4.69, 9.17) is 5.73 Å². The molecule has 50 heavy (non-hydrogen) atoms. The summed E-state index contributed by atoms with van der Waals surface area (Å²) in [6, 6.07) is 54.8. The Morgan fingerprint density at radius 3 is 2.22 bits per heavy atom. The normalized spacial score (nSPS) is 14.7. The van der Waals surface area contributed by atoms with E-state index in [1.54, 1.807) is 0 Å². The van der Waals surface area contributed by atoms with E-state index in [1.807, 2.05) is 29.5 Å². The van der Waals surface area contributed by atoms with Gasteiger partial charge >= 0.3 is 0 Å². The van der Waals surface area contributed by atoms with Crippen LogP contribution in [0.5, 0.6) is 0 Å². The lowest BCUT2D eigenvalue weighted by atomic mass is 9.81. The van der Waals surface area contributed by atoms with Crippen molar-refractivity contribution in [3.63, 3.8) is 0 Å². The van der Waals surface area contributed by atoms with E-state index in [-0.39, 0.29) is 17.6 Å². The summed E-state index contributed by atoms with van der Waals surface area (Å²) in [6.45, 7) is 4.72. The highest BCUT2D eigenvalue weighted by molar-refractivity contribution is 7.25. The molecular weight excluding hydrogens is 625 g/mol. The Morgan fingerprint density at radius 2 is 1.36 bits per heavy atom. The average molecular weight is 663 g/mol. The second-order valence-electron chi connectivity index (χ2n) is 13.9. The Morgan fingerprint density at radius 1 is 0.640 bits per heavy atom. The van der Waals surface area contributed by atoms with Crippen molar-refractivity contribution in [2.45, 2.75) is 31.5 Å². The van der Waals surface area contributed by atoms with Crippen LogP contribution in [0, 0.1) is 0 Å². The van der Waals surface area contributed by atoms with E-state index in [2.05, 4.69) is 165 Å². The molecule has 0 saturated heterocycles. The minimum Gasteiger partial charge on any atom is -0.312 e. The number of benzene rings is 7. The van der Waals surface area contributed by atoms with Gasteiger partial charge in [-0.1, -0.05) is 147 Å². The van der Waals surface area contributed by atoms with Gasteiger partial charge in [0.1, 0.15) is 0 Å². The van der Waals surface area contributed by atoms with Crippen LogP contribution in [0.4, 0.5) is 0 Å². The number of fused-ring (bicyclic) bond motifs is 7. The first-order chi connectivity index (χ1) is 24.5. The van der Waals surface area contributed by atoms with Gasteiger partial charge in [-0.25, -0.2) is 0 Å². The molecule has 242 valence electrons. The van der Waals surface area contributed by atoms with Gasteiger partial charge < -0.3 is 5.73 Å². The smallest absolute Gasteiger partial charge is 0.0817 e. The molecular formula is C47H38N2S. The van der Waals surface area contributed by atoms with Crippen LogP contribution in [-0.2, 0) is 5.41 Å². The molecule has 0 radical (unpaired) electrons. The summed E-state index contributed by atoms with van der Waals surface area (Å²) in [5.74, 6) is 0. The van der Waals surface area contributed by atoms with E-state index >= 15 is 0 Å². The molecule has 1 aliphatic carbocycles. The first-order valence-electron chi connectivity index (χ1n) is 17.4. The summed E-state index contributed by atoms with van der Waals surface area (Å²) >= 11 is 1.84. The van der Waals surface area contributed by atoms with Gasteiger partial charge in [0.25, 0.3) is 0 Å². The highest BCUT2D eigenvalue weighted by atomic mass is 32.1. The largest absolute Gasteiger partial charge is 0.312 e. The molecule has 0 amide bonds. The van der Waals surface area contributed by atoms with E-state index in [1.165, 1.54) is 69.9 Å². The van der Waals surface area contributed by atoms with Crippen molar-refractivity contribution >= 4 is 48.4 Å². The van der Waals surface area contributed by atoms with Crippen molar-refractivity contribution in [3.8, 4) is 22.3 Å². The maximum absolute atomic E-state index is 6.84. The van der Waals surface area contributed by atoms with Crippen LogP contribution in [-0.4, -0.2) is 0 Å². The molecule has 1 aliphatic rings. The Balaban J connectivity index is 1.13. The summed E-state index contributed by atoms with van der Waals surface area (Å²) in [7, 11) is 0. The van der Waals surface area contributed by atoms with Crippen molar-refractivity contribution in [3.05, 3.63) is 186 Å². The zero-order valence-electron chi connectivity index (χ0n) is 28.2. The zero-order chi connectivity index (χ0) is 33.8. The molecule has 0 spiro atoms. The third kappa shape index (κ3) is 5.18. The van der Waals surface area contributed by atoms with Gasteiger partial charge in [-0.2, -0.15) is 0 Å². The molecule has 3 heteroatoms. The van der Waals surface area contributed by atoms with Crippen molar-refractivity contribution in [1.82, 2.24) is 5.32 Å². The monoisotopic (exact) mass is 662 g/mol. The molecule has 8 aromatic rings. The van der Waals surface area contributed by atoms with Crippen LogP contribution in [0.2, 0.25) is 0 Å². The van der Waals surface area contributed by atoms with Gasteiger partial charge in [0, 0.05) is 25.6 Å². The SMILES string of the molecule is CC1(C)c2cc3ccccc3cc2-c2c(-c3cccc(/C=C/C(NC(N)c4ccccc4)c4cccc5sc6ccccc6c45)c3)cccc21. The van der Waals surface area contributed by atoms with Gasteiger partial charge in [0.2, 0.25) is 0 Å². The molecule has 1 aromatic heterocycles. The van der Waals surface area contributed by atoms with Gasteiger partial charge in [-0.3, -0.25) is 5.32 Å². The summed E-state index contributed by atoms with van der Waals surface area (Å²) in [5.41, 5.74) is 18.2. The molecule has 3 N–H and O–H groups in total. The lowest BCUT2D eigenvalue weighted by Crippen LogP contribution is -2.31. The van der Waals surface area contributed by atoms with Crippen LogP contribution in [0.25, 0.3) is 59.3 Å². The molecule has 0 bridgehead atoms. The number of rotatable bonds is 7. The van der Waals surface area contributed by atoms with E-state index in [9.17, 15) is 0 Å². The van der Waals surface area contributed by atoms with Crippen LogP contribution in [0.3, 0.4) is 0 Å². The van der Waals surface area contributed by atoms with Crippen molar-refractivity contribution < 1.29 is 0 Å². The number of nitrogens with two attached hydrogens (primary N) is 1. The van der Waals surface area contributed by atoms with Gasteiger partial charge in [0.05, 0.1) is 12.2 Å². The van der Waals surface area contributed by atoms with Crippen molar-refractivity contribution in [2.24, 2.45) is 5.73 Å². The zero-order valence-corrected chi connectivity index (χ0v) is 29.0. The number of hydrogen-bond acceptors (Lipinski definition) is 3. The molecule has 1 heterocycles. The second kappa shape index (κ2) is 12.2. The molecule has 0 fully saturated rings. The summed E-state index contributed by atoms with van der Waals surface area (Å²) in [6.07, 6.45) is 4.20. The van der Waals surface area contributed by atoms with Crippen LogP contribution in [0.15, 0.2) is 158 Å². The lowest BCUT2D eigenvalue weighted by molar-refractivity contribution is 0.511. The predicted octanol–water partition coefficient (Wildman–Crippen LogP) is 12.2. The predicted molar refractivity (Wildman–Crippen MR) is 215 cm³/mol. The van der Waals surface area contributed by atoms with Gasteiger partial charge in [-0.05, 0) is 91.2 Å². The Labute approximate surface area is 297 Å². The highest BCUT2D eigenvalue weighted by Gasteiger charge is 2.37. The van der Waals surface area contributed by atoms with Gasteiger partial charge in [-0.15, -0.1) is 11.3 Å². The third-order valence-corrected chi connectivity index (χ3v) is 11.7. The van der Waals surface area contributed by atoms with Crippen LogP contribution >= 0.6 is 11.3 Å². The fourth-order valence-corrected chi connectivity index (χ4v) is 9.13. The van der Waals surface area contributed by atoms with Crippen molar-refractivity contribution in [2.75, 3.05) is 0 Å². The quantitative estimate of drug-likeness (QED) is 0.167. The molecule has 9 rings (SSSR count). The molecule has 2 atom stereocenters. The van der Waals surface area contributed by atoms with Crippen LogP contribution < -0.4 is 11.1 Å². The van der Waals surface area contributed by atoms with E-state index < -0.39 is 0 Å². The first kappa shape index (κ1) is 30.7. The second-order valence-corrected chi connectivity index (χ2v) is 15.0. The first-order valence-corrected chi connectivity index (χ1v) is 18.2. The highest BCUT2D eigenvalue weighted by Crippen LogP contribution is 2.53. The van der Waals surface area contributed by atoms with Crippen LogP contribution in [0.1, 0.15) is 53.9 Å². The molecule has 2 nitrogen and oxygen atoms in total. The summed E-state index contributed by atoms with van der Waals surface area (Å²) in [5, 5.41) is 8.92. The van der Waals surface area contributed by atoms with Gasteiger partial charge in [0.15, 0.2) is 0 Å². The molecule has 7 aromatic carbocycles. The fourth-order valence-electron chi connectivity index (χ4n) is 7.99. The lowest BCUT2D eigenvalue weighted by Gasteiger charge is -2.23. The minimum atomic E-state index is -0.330. The molecule has 0 saturated carbocycles. The number of hydrogen-bond donors (Lipinski definition) is 2. The minimum absolute atomic E-state index is 0.0779. The standard InChI is InChI=1S/C47H38N2S/c1-47(2)39-22-11-20-35(44(39)38-28-32-16-6-7-17-33(32)29-40(38)47)34-18-10-13-30(27-34)25-26-41(49-46(48)31-14-4-3-5-15-31)36-21-12-24-43-45(36)37-19-8-9-23-42(37)50-43/h3-29,41,46,49H,48H2,1-2H3/b26-25+. The van der Waals surface area contributed by atoms with E-state index in [0.717, 1.165) is 11.1 Å². The molecule has 0 aliphatic heterocycles. The fraction of sp³-hybridized carbons (Fsp3) is 0.106. The average Bonchev–Trinajstić information content (AvgIpc) is 3.65. The summed E-state index contributed by atoms with van der Waals surface area (Å²) < 4.78 is 2.58. The number of thiophene rings is 1. The molecule has 2 unspecified atom stereocenters. The van der Waals surface area contributed by atoms with Crippen molar-refractivity contribution in [1.29, 1.82) is 0 Å². The Hall–Kier alpha value is -5.32. The summed E-state index contributed by atoms with van der Waals surface area (Å²) in [4.78, 5) is 0. The Bertz CT molecular complexity index is 2580. The number of nitrogens with one attached hydrogen (secondary N) is 1. The third-order valence-electron chi connectivity index (χ3n) is 10.5. The van der Waals surface area contributed by atoms with E-state index in [0.29, 0.717) is 0 Å². The maximum atomic E-state index is 6.84. The maximum Gasteiger partial charge on any atom is 0.0817 e.